The number of carbonyl (C=O) groups is 2. The molecule has 0 aliphatic carbocycles. The number of anilines is 1. The molecule has 9 heteroatoms. The van der Waals surface area contributed by atoms with Crippen molar-refractivity contribution in [1.82, 2.24) is 15.7 Å². The number of nitrogens with two attached hydrogens (primary N) is 2. The lowest BCUT2D eigenvalue weighted by Gasteiger charge is -2.14. The van der Waals surface area contributed by atoms with Crippen LogP contribution in [0.4, 0.5) is 9.93 Å². The zero-order chi connectivity index (χ0) is 12.8. The van der Waals surface area contributed by atoms with Crippen LogP contribution in [0, 0.1) is 0 Å². The van der Waals surface area contributed by atoms with Gasteiger partial charge in [0.05, 0.1) is 12.3 Å². The molecule has 0 aromatic carbocycles. The number of ether oxygens (including phenoxy) is 1. The number of esters is 1. The first kappa shape index (κ1) is 13.2. The van der Waals surface area contributed by atoms with Crippen LogP contribution >= 0.6 is 11.3 Å². The van der Waals surface area contributed by atoms with Crippen molar-refractivity contribution in [3.8, 4) is 0 Å². The largest absolute Gasteiger partial charge is 0.464 e. The topological polar surface area (TPSA) is 132 Å². The van der Waals surface area contributed by atoms with Crippen molar-refractivity contribution >= 4 is 28.5 Å². The predicted octanol–water partition coefficient (Wildman–Crippen LogP) is -0.498. The summed E-state index contributed by atoms with van der Waals surface area (Å²) in [4.78, 5) is 26.6. The number of hydrazine groups is 1. The molecule has 0 radical (unpaired) electrons. The molecule has 0 fully saturated rings. The Bertz CT molecular complexity index is 408. The maximum Gasteiger partial charge on any atom is 0.335 e. The number of aromatic nitrogens is 1. The lowest BCUT2D eigenvalue weighted by Crippen LogP contribution is -2.44. The summed E-state index contributed by atoms with van der Waals surface area (Å²) < 4.78 is 4.81. The lowest BCUT2D eigenvalue weighted by molar-refractivity contribution is -0.145. The van der Waals surface area contributed by atoms with Gasteiger partial charge >= 0.3 is 12.0 Å². The average Bonchev–Trinajstić information content (AvgIpc) is 2.72. The number of rotatable bonds is 4. The second-order valence-corrected chi connectivity index (χ2v) is 3.80. The van der Waals surface area contributed by atoms with Crippen molar-refractivity contribution in [3.05, 3.63) is 11.1 Å². The van der Waals surface area contributed by atoms with E-state index in [1.807, 2.05) is 5.43 Å². The highest BCUT2D eigenvalue weighted by molar-refractivity contribution is 7.13. The third kappa shape index (κ3) is 3.57. The summed E-state index contributed by atoms with van der Waals surface area (Å²) in [5.74, 6) is 4.30. The van der Waals surface area contributed by atoms with Crippen LogP contribution in [0.1, 0.15) is 18.7 Å². The fourth-order valence-corrected chi connectivity index (χ4v) is 1.67. The average molecular weight is 259 g/mol. The van der Waals surface area contributed by atoms with E-state index in [0.29, 0.717) is 10.8 Å². The van der Waals surface area contributed by atoms with E-state index in [1.54, 1.807) is 12.3 Å². The first-order chi connectivity index (χ1) is 8.08. The van der Waals surface area contributed by atoms with E-state index < -0.39 is 18.0 Å². The van der Waals surface area contributed by atoms with E-state index in [0.717, 1.165) is 11.3 Å². The number of amides is 2. The van der Waals surface area contributed by atoms with Gasteiger partial charge in [0.25, 0.3) is 0 Å². The van der Waals surface area contributed by atoms with Crippen molar-refractivity contribution in [2.24, 2.45) is 5.84 Å². The molecule has 0 saturated heterocycles. The number of hydrogen-bond donors (Lipinski definition) is 4. The van der Waals surface area contributed by atoms with Gasteiger partial charge in [0.15, 0.2) is 11.2 Å². The summed E-state index contributed by atoms with van der Waals surface area (Å²) in [5, 5.41) is 4.18. The highest BCUT2D eigenvalue weighted by atomic mass is 32.1. The molecule has 1 atom stereocenters. The van der Waals surface area contributed by atoms with Crippen molar-refractivity contribution in [2.75, 3.05) is 12.3 Å². The predicted molar refractivity (Wildman–Crippen MR) is 61.8 cm³/mol. The van der Waals surface area contributed by atoms with Crippen molar-refractivity contribution in [2.45, 2.75) is 13.0 Å². The Labute approximate surface area is 101 Å². The SMILES string of the molecule is CCOC(=O)C(NC(=O)NN)c1csc(N)n1. The Morgan fingerprint density at radius 1 is 1.65 bits per heavy atom. The molecule has 0 bridgehead atoms. The number of nitrogens with one attached hydrogen (secondary N) is 2. The van der Waals surface area contributed by atoms with Crippen molar-refractivity contribution < 1.29 is 14.3 Å². The van der Waals surface area contributed by atoms with Crippen molar-refractivity contribution in [1.29, 1.82) is 0 Å². The maximum atomic E-state index is 11.6. The third-order valence-electron chi connectivity index (χ3n) is 1.76. The Morgan fingerprint density at radius 2 is 2.35 bits per heavy atom. The summed E-state index contributed by atoms with van der Waals surface area (Å²) in [6, 6.07) is -1.73. The van der Waals surface area contributed by atoms with Crippen LogP contribution in [0.3, 0.4) is 0 Å². The fourth-order valence-electron chi connectivity index (χ4n) is 1.09. The van der Waals surface area contributed by atoms with Crippen LogP contribution in [-0.2, 0) is 9.53 Å². The minimum atomic E-state index is -1.02. The molecular formula is C8H13N5O3S. The molecule has 1 heterocycles. The van der Waals surface area contributed by atoms with Gasteiger partial charge in [-0.1, -0.05) is 0 Å². The second-order valence-electron chi connectivity index (χ2n) is 2.91. The summed E-state index contributed by atoms with van der Waals surface area (Å²) in [7, 11) is 0. The van der Waals surface area contributed by atoms with Gasteiger partial charge in [0, 0.05) is 5.38 Å². The summed E-state index contributed by atoms with van der Waals surface area (Å²) in [5.41, 5.74) is 7.63. The van der Waals surface area contributed by atoms with Gasteiger partial charge in [0.2, 0.25) is 0 Å². The minimum absolute atomic E-state index is 0.195. The molecule has 0 saturated carbocycles. The number of nitrogen functional groups attached to an aromatic ring is 1. The van der Waals surface area contributed by atoms with E-state index >= 15 is 0 Å². The van der Waals surface area contributed by atoms with E-state index in [4.69, 9.17) is 16.3 Å². The maximum absolute atomic E-state index is 11.6. The number of carbonyl (C=O) groups excluding carboxylic acids is 2. The number of hydrogen-bond acceptors (Lipinski definition) is 7. The fraction of sp³-hybridized carbons (Fsp3) is 0.375. The van der Waals surface area contributed by atoms with E-state index in [1.165, 1.54) is 0 Å². The molecule has 1 unspecified atom stereocenters. The van der Waals surface area contributed by atoms with Crippen molar-refractivity contribution in [3.63, 3.8) is 0 Å². The highest BCUT2D eigenvalue weighted by Crippen LogP contribution is 2.19. The molecule has 94 valence electrons. The molecule has 1 rings (SSSR count). The summed E-state index contributed by atoms with van der Waals surface area (Å²) in [6.45, 7) is 1.86. The van der Waals surface area contributed by atoms with E-state index in [2.05, 4.69) is 10.3 Å². The van der Waals surface area contributed by atoms with Crippen LogP contribution in [0.2, 0.25) is 0 Å². The third-order valence-corrected chi connectivity index (χ3v) is 2.46. The van der Waals surface area contributed by atoms with Gasteiger partial charge < -0.3 is 15.8 Å². The molecule has 6 N–H and O–H groups in total. The van der Waals surface area contributed by atoms with E-state index in [-0.39, 0.29) is 6.61 Å². The quantitative estimate of drug-likeness (QED) is 0.249. The normalized spacial score (nSPS) is 11.6. The molecule has 1 aromatic rings. The van der Waals surface area contributed by atoms with Crippen LogP contribution in [0.25, 0.3) is 0 Å². The molecule has 0 aliphatic heterocycles. The molecule has 8 nitrogen and oxygen atoms in total. The zero-order valence-corrected chi connectivity index (χ0v) is 9.91. The zero-order valence-electron chi connectivity index (χ0n) is 9.10. The van der Waals surface area contributed by atoms with Crippen LogP contribution in [0.5, 0.6) is 0 Å². The first-order valence-corrected chi connectivity index (χ1v) is 5.61. The molecule has 0 spiro atoms. The van der Waals surface area contributed by atoms with Gasteiger partial charge in [-0.3, -0.25) is 5.43 Å². The molecule has 2 amide bonds. The standard InChI is InChI=1S/C8H13N5O3S/c1-2-16-6(14)5(12-8(15)13-10)4-3-17-7(9)11-4/h3,5H,2,10H2,1H3,(H2,9,11)(H2,12,13,15). The Morgan fingerprint density at radius 3 is 2.82 bits per heavy atom. The first-order valence-electron chi connectivity index (χ1n) is 4.73. The summed E-state index contributed by atoms with van der Waals surface area (Å²) in [6.07, 6.45) is 0. The Hall–Kier alpha value is -1.87. The minimum Gasteiger partial charge on any atom is -0.464 e. The Kier molecular flexibility index (Phi) is 4.67. The monoisotopic (exact) mass is 259 g/mol. The molecule has 17 heavy (non-hydrogen) atoms. The van der Waals surface area contributed by atoms with Crippen LogP contribution in [0.15, 0.2) is 5.38 Å². The second kappa shape index (κ2) is 6.01. The number of nitrogens with zero attached hydrogens (tertiary/aromatic N) is 1. The molecule has 1 aromatic heterocycles. The highest BCUT2D eigenvalue weighted by Gasteiger charge is 2.26. The van der Waals surface area contributed by atoms with Crippen LogP contribution < -0.4 is 22.3 Å². The Balaban J connectivity index is 2.85. The number of urea groups is 1. The van der Waals surface area contributed by atoms with Crippen LogP contribution in [-0.4, -0.2) is 23.6 Å². The number of thiazole rings is 1. The summed E-state index contributed by atoms with van der Waals surface area (Å²) >= 11 is 1.16. The smallest absolute Gasteiger partial charge is 0.335 e. The van der Waals surface area contributed by atoms with Gasteiger partial charge in [-0.15, -0.1) is 11.3 Å². The van der Waals surface area contributed by atoms with Gasteiger partial charge in [-0.25, -0.2) is 20.4 Å². The van der Waals surface area contributed by atoms with E-state index in [9.17, 15) is 9.59 Å². The van der Waals surface area contributed by atoms with Gasteiger partial charge in [-0.2, -0.15) is 0 Å². The molecular weight excluding hydrogens is 246 g/mol. The van der Waals surface area contributed by atoms with Gasteiger partial charge in [0.1, 0.15) is 0 Å². The van der Waals surface area contributed by atoms with Gasteiger partial charge in [-0.05, 0) is 6.92 Å². The molecule has 0 aliphatic rings. The lowest BCUT2D eigenvalue weighted by atomic mass is 10.2.